The topological polar surface area (TPSA) is 46.2 Å². The smallest absolute Gasteiger partial charge is 0.296 e. The third kappa shape index (κ3) is 1.85. The van der Waals surface area contributed by atoms with E-state index >= 15 is 0 Å². The zero-order valence-corrected chi connectivity index (χ0v) is 8.14. The van der Waals surface area contributed by atoms with E-state index < -0.39 is 12.5 Å². The lowest BCUT2D eigenvalue weighted by Crippen LogP contribution is -2.20. The van der Waals surface area contributed by atoms with Crippen LogP contribution in [-0.2, 0) is 5.92 Å². The van der Waals surface area contributed by atoms with Gasteiger partial charge in [-0.2, -0.15) is 8.78 Å². The van der Waals surface area contributed by atoms with Crippen molar-refractivity contribution in [3.05, 3.63) is 28.8 Å². The summed E-state index contributed by atoms with van der Waals surface area (Å²) in [6.45, 7) is 2.13. The van der Waals surface area contributed by atoms with Crippen molar-refractivity contribution >= 4 is 5.69 Å². The van der Waals surface area contributed by atoms with E-state index in [1.807, 2.05) is 0 Å². The molecule has 2 nitrogen and oxygen atoms in total. The van der Waals surface area contributed by atoms with E-state index in [-0.39, 0.29) is 5.56 Å². The third-order valence-electron chi connectivity index (χ3n) is 2.21. The van der Waals surface area contributed by atoms with E-state index in [2.05, 4.69) is 0 Å². The molecular weight excluding hydrogens is 188 g/mol. The quantitative estimate of drug-likeness (QED) is 0.718. The Morgan fingerprint density at radius 3 is 2.36 bits per heavy atom. The normalized spacial score (nSPS) is 11.8. The number of aryl methyl sites for hydroxylation is 2. The number of hydrogen-bond donors (Lipinski definition) is 2. The molecule has 1 aromatic carbocycles. The molecule has 0 fully saturated rings. The maximum Gasteiger partial charge on any atom is 0.296 e. The number of aliphatic hydroxyl groups excluding tert-OH is 1. The first kappa shape index (κ1) is 10.9. The van der Waals surface area contributed by atoms with Crippen molar-refractivity contribution < 1.29 is 13.9 Å². The average molecular weight is 201 g/mol. The summed E-state index contributed by atoms with van der Waals surface area (Å²) in [5.41, 5.74) is 6.84. The van der Waals surface area contributed by atoms with Crippen LogP contribution in [0.15, 0.2) is 12.1 Å². The summed E-state index contributed by atoms with van der Waals surface area (Å²) in [5, 5.41) is 8.54. The maximum atomic E-state index is 13.2. The number of anilines is 1. The lowest BCUT2D eigenvalue weighted by molar-refractivity contribution is -0.0560. The molecule has 0 aliphatic carbocycles. The van der Waals surface area contributed by atoms with Gasteiger partial charge in [-0.1, -0.05) is 6.07 Å². The van der Waals surface area contributed by atoms with Gasteiger partial charge in [-0.05, 0) is 31.0 Å². The molecule has 0 radical (unpaired) electrons. The fourth-order valence-electron chi connectivity index (χ4n) is 1.35. The van der Waals surface area contributed by atoms with Gasteiger partial charge in [0.15, 0.2) is 0 Å². The zero-order valence-electron chi connectivity index (χ0n) is 8.14. The zero-order chi connectivity index (χ0) is 10.9. The lowest BCUT2D eigenvalue weighted by Gasteiger charge is -2.17. The summed E-state index contributed by atoms with van der Waals surface area (Å²) in [7, 11) is 0. The van der Waals surface area contributed by atoms with Gasteiger partial charge in [0.25, 0.3) is 5.92 Å². The second kappa shape index (κ2) is 3.53. The van der Waals surface area contributed by atoms with Crippen LogP contribution in [0.5, 0.6) is 0 Å². The number of halogens is 2. The molecule has 0 aliphatic rings. The van der Waals surface area contributed by atoms with E-state index in [4.69, 9.17) is 10.8 Å². The highest BCUT2D eigenvalue weighted by molar-refractivity contribution is 5.52. The van der Waals surface area contributed by atoms with E-state index in [1.165, 1.54) is 6.07 Å². The van der Waals surface area contributed by atoms with Gasteiger partial charge in [0.1, 0.15) is 6.61 Å². The minimum Gasteiger partial charge on any atom is -0.399 e. The molecule has 4 heteroatoms. The maximum absolute atomic E-state index is 13.2. The van der Waals surface area contributed by atoms with Crippen LogP contribution < -0.4 is 5.73 Å². The molecule has 1 rings (SSSR count). The fraction of sp³-hybridized carbons (Fsp3) is 0.400. The largest absolute Gasteiger partial charge is 0.399 e. The molecule has 0 amide bonds. The SMILES string of the molecule is Cc1cc(C)c(C(F)(F)CO)cc1N. The van der Waals surface area contributed by atoms with Gasteiger partial charge >= 0.3 is 0 Å². The molecule has 0 bridgehead atoms. The molecule has 0 unspecified atom stereocenters. The van der Waals surface area contributed by atoms with E-state index in [0.717, 1.165) is 5.56 Å². The van der Waals surface area contributed by atoms with Gasteiger partial charge in [-0.25, -0.2) is 0 Å². The Balaban J connectivity index is 3.29. The molecule has 0 saturated carbocycles. The summed E-state index contributed by atoms with van der Waals surface area (Å²) in [5.74, 6) is -3.22. The number of nitrogens with two attached hydrogens (primary N) is 1. The van der Waals surface area contributed by atoms with Gasteiger partial charge in [-0.15, -0.1) is 0 Å². The highest BCUT2D eigenvalue weighted by atomic mass is 19.3. The molecule has 78 valence electrons. The Labute approximate surface area is 81.4 Å². The van der Waals surface area contributed by atoms with Crippen LogP contribution in [0.4, 0.5) is 14.5 Å². The van der Waals surface area contributed by atoms with Crippen LogP contribution in [0.1, 0.15) is 16.7 Å². The van der Waals surface area contributed by atoms with Crippen LogP contribution >= 0.6 is 0 Å². The number of rotatable bonds is 2. The van der Waals surface area contributed by atoms with Crippen LogP contribution in [0.3, 0.4) is 0 Å². The second-order valence-corrected chi connectivity index (χ2v) is 3.39. The second-order valence-electron chi connectivity index (χ2n) is 3.39. The summed E-state index contributed by atoms with van der Waals surface area (Å²) < 4.78 is 26.3. The number of nitrogen functional groups attached to an aromatic ring is 1. The summed E-state index contributed by atoms with van der Waals surface area (Å²) in [6, 6.07) is 2.81. The van der Waals surface area contributed by atoms with Gasteiger partial charge in [0.2, 0.25) is 0 Å². The molecule has 1 aromatic rings. The van der Waals surface area contributed by atoms with Crippen LogP contribution in [0.2, 0.25) is 0 Å². The average Bonchev–Trinajstić information content (AvgIpc) is 2.11. The third-order valence-corrected chi connectivity index (χ3v) is 2.21. The Morgan fingerprint density at radius 2 is 1.86 bits per heavy atom. The molecule has 0 atom stereocenters. The Hall–Kier alpha value is -1.16. The molecule has 0 spiro atoms. The Morgan fingerprint density at radius 1 is 1.29 bits per heavy atom. The van der Waals surface area contributed by atoms with E-state index in [1.54, 1.807) is 19.9 Å². The number of aliphatic hydroxyl groups is 1. The summed E-state index contributed by atoms with van der Waals surface area (Å²) in [4.78, 5) is 0. The van der Waals surface area contributed by atoms with Gasteiger partial charge < -0.3 is 10.8 Å². The molecule has 3 N–H and O–H groups in total. The van der Waals surface area contributed by atoms with Crippen LogP contribution in [0, 0.1) is 13.8 Å². The predicted octanol–water partition coefficient (Wildman–Crippen LogP) is 1.97. The molecule has 0 saturated heterocycles. The van der Waals surface area contributed by atoms with Crippen molar-refractivity contribution in [3.63, 3.8) is 0 Å². The first-order chi connectivity index (χ1) is 6.38. The van der Waals surface area contributed by atoms with E-state index in [0.29, 0.717) is 11.3 Å². The molecule has 0 heterocycles. The minimum atomic E-state index is -3.22. The first-order valence-electron chi connectivity index (χ1n) is 4.24. The van der Waals surface area contributed by atoms with Crippen LogP contribution in [0.25, 0.3) is 0 Å². The molecule has 0 aliphatic heterocycles. The number of benzene rings is 1. The number of hydrogen-bond acceptors (Lipinski definition) is 2. The van der Waals surface area contributed by atoms with Gasteiger partial charge in [-0.3, -0.25) is 0 Å². The summed E-state index contributed by atoms with van der Waals surface area (Å²) in [6.07, 6.45) is 0. The highest BCUT2D eigenvalue weighted by Crippen LogP contribution is 2.32. The van der Waals surface area contributed by atoms with Gasteiger partial charge in [0.05, 0.1) is 0 Å². The van der Waals surface area contributed by atoms with Crippen molar-refractivity contribution in [3.8, 4) is 0 Å². The molecule has 14 heavy (non-hydrogen) atoms. The van der Waals surface area contributed by atoms with Crippen molar-refractivity contribution in [2.24, 2.45) is 0 Å². The monoisotopic (exact) mass is 201 g/mol. The Kier molecular flexibility index (Phi) is 2.76. The highest BCUT2D eigenvalue weighted by Gasteiger charge is 2.32. The molecular formula is C10H13F2NO. The van der Waals surface area contributed by atoms with E-state index in [9.17, 15) is 8.78 Å². The minimum absolute atomic E-state index is 0.205. The first-order valence-corrected chi connectivity index (χ1v) is 4.24. The fourth-order valence-corrected chi connectivity index (χ4v) is 1.35. The standard InChI is InChI=1S/C10H13F2NO/c1-6-3-7(2)9(13)4-8(6)10(11,12)5-14/h3-4,14H,5,13H2,1-2H3. The predicted molar refractivity (Wildman–Crippen MR) is 51.3 cm³/mol. The molecule has 0 aromatic heterocycles. The van der Waals surface area contributed by atoms with Crippen molar-refractivity contribution in [2.45, 2.75) is 19.8 Å². The van der Waals surface area contributed by atoms with Crippen LogP contribution in [-0.4, -0.2) is 11.7 Å². The number of alkyl halides is 2. The van der Waals surface area contributed by atoms with Crippen molar-refractivity contribution in [1.29, 1.82) is 0 Å². The Bertz CT molecular complexity index is 350. The summed E-state index contributed by atoms with van der Waals surface area (Å²) >= 11 is 0. The van der Waals surface area contributed by atoms with Crippen molar-refractivity contribution in [2.75, 3.05) is 12.3 Å². The lowest BCUT2D eigenvalue weighted by atomic mass is 9.99. The van der Waals surface area contributed by atoms with Crippen molar-refractivity contribution in [1.82, 2.24) is 0 Å². The van der Waals surface area contributed by atoms with Gasteiger partial charge in [0, 0.05) is 11.3 Å².